The largest absolute Gasteiger partial charge is 0.492 e. The second-order valence-electron chi connectivity index (χ2n) is 6.36. The van der Waals surface area contributed by atoms with E-state index < -0.39 is 0 Å². The van der Waals surface area contributed by atoms with Crippen molar-refractivity contribution in [2.45, 2.75) is 45.2 Å². The van der Waals surface area contributed by atoms with Crippen LogP contribution in [0.5, 0.6) is 5.75 Å². The van der Waals surface area contributed by atoms with E-state index in [1.54, 1.807) is 0 Å². The number of likely N-dealkylation sites (N-methyl/N-ethyl adjacent to an activating group) is 1. The van der Waals surface area contributed by atoms with Crippen molar-refractivity contribution < 1.29 is 4.74 Å². The fourth-order valence-corrected chi connectivity index (χ4v) is 3.86. The van der Waals surface area contributed by atoms with Crippen molar-refractivity contribution in [1.82, 2.24) is 10.2 Å². The average molecular weight is 288 g/mol. The van der Waals surface area contributed by atoms with Gasteiger partial charge in [0.25, 0.3) is 0 Å². The van der Waals surface area contributed by atoms with E-state index in [0.29, 0.717) is 12.1 Å². The van der Waals surface area contributed by atoms with E-state index in [1.807, 2.05) is 0 Å². The highest BCUT2D eigenvalue weighted by atomic mass is 16.5. The van der Waals surface area contributed by atoms with Crippen molar-refractivity contribution in [3.05, 3.63) is 29.8 Å². The first-order valence-electron chi connectivity index (χ1n) is 8.52. The Morgan fingerprint density at radius 1 is 1.29 bits per heavy atom. The van der Waals surface area contributed by atoms with Crippen molar-refractivity contribution in [1.29, 1.82) is 0 Å². The maximum Gasteiger partial charge on any atom is 0.124 e. The molecule has 3 rings (SSSR count). The van der Waals surface area contributed by atoms with E-state index in [2.05, 4.69) is 48.3 Å². The van der Waals surface area contributed by atoms with Gasteiger partial charge in [0.1, 0.15) is 12.4 Å². The summed E-state index contributed by atoms with van der Waals surface area (Å²) in [5, 5.41) is 3.70. The van der Waals surface area contributed by atoms with Crippen LogP contribution in [0.25, 0.3) is 0 Å². The summed E-state index contributed by atoms with van der Waals surface area (Å²) in [5.41, 5.74) is 1.33. The minimum Gasteiger partial charge on any atom is -0.492 e. The molecule has 1 saturated heterocycles. The molecule has 1 fully saturated rings. The highest BCUT2D eigenvalue weighted by Crippen LogP contribution is 2.35. The smallest absolute Gasteiger partial charge is 0.124 e. The van der Waals surface area contributed by atoms with Crippen LogP contribution in [0.1, 0.15) is 44.7 Å². The van der Waals surface area contributed by atoms with Crippen molar-refractivity contribution in [2.75, 3.05) is 26.2 Å². The number of piperidine rings is 1. The van der Waals surface area contributed by atoms with Gasteiger partial charge in [-0.05, 0) is 37.9 Å². The van der Waals surface area contributed by atoms with E-state index in [4.69, 9.17) is 4.74 Å². The molecular formula is C18H28N2O. The molecule has 2 heterocycles. The molecule has 2 aliphatic rings. The van der Waals surface area contributed by atoms with E-state index in [9.17, 15) is 0 Å². The molecule has 0 radical (unpaired) electrons. The van der Waals surface area contributed by atoms with Gasteiger partial charge >= 0.3 is 0 Å². The van der Waals surface area contributed by atoms with Gasteiger partial charge in [0.05, 0.1) is 12.1 Å². The van der Waals surface area contributed by atoms with Gasteiger partial charge in [-0.2, -0.15) is 0 Å². The number of nitrogens with one attached hydrogen (secondary N) is 1. The fourth-order valence-electron chi connectivity index (χ4n) is 3.86. The zero-order chi connectivity index (χ0) is 14.7. The number of ether oxygens (including phenoxy) is 1. The third kappa shape index (κ3) is 3.09. The van der Waals surface area contributed by atoms with Gasteiger partial charge < -0.3 is 10.1 Å². The van der Waals surface area contributed by atoms with Crippen molar-refractivity contribution in [3.8, 4) is 5.75 Å². The summed E-state index contributed by atoms with van der Waals surface area (Å²) in [5.74, 6) is 1.92. The van der Waals surface area contributed by atoms with Crippen molar-refractivity contribution >= 4 is 0 Å². The summed E-state index contributed by atoms with van der Waals surface area (Å²) < 4.78 is 6.05. The predicted octanol–water partition coefficient (Wildman–Crippen LogP) is 3.22. The van der Waals surface area contributed by atoms with Crippen LogP contribution in [-0.2, 0) is 0 Å². The minimum absolute atomic E-state index is 0.399. The molecule has 0 aliphatic carbocycles. The summed E-state index contributed by atoms with van der Waals surface area (Å²) in [4.78, 5) is 2.67. The molecular weight excluding hydrogens is 260 g/mol. The number of hydrogen-bond donors (Lipinski definition) is 1. The molecule has 21 heavy (non-hydrogen) atoms. The van der Waals surface area contributed by atoms with Crippen LogP contribution in [0, 0.1) is 5.92 Å². The lowest BCUT2D eigenvalue weighted by Gasteiger charge is -2.44. The monoisotopic (exact) mass is 288 g/mol. The topological polar surface area (TPSA) is 24.5 Å². The zero-order valence-corrected chi connectivity index (χ0v) is 13.3. The number of nitrogens with zero attached hydrogens (tertiary/aromatic N) is 1. The molecule has 3 atom stereocenters. The SMILES string of the molecule is CCNC1c2ccccc2OCC1N1CCCC(CC)C1. The van der Waals surface area contributed by atoms with Crippen LogP contribution < -0.4 is 10.1 Å². The third-order valence-electron chi connectivity index (χ3n) is 5.07. The van der Waals surface area contributed by atoms with Gasteiger partial charge in [-0.3, -0.25) is 4.90 Å². The summed E-state index contributed by atoms with van der Waals surface area (Å²) >= 11 is 0. The van der Waals surface area contributed by atoms with Gasteiger partial charge in [0.15, 0.2) is 0 Å². The molecule has 0 bridgehead atoms. The standard InChI is InChI=1S/C18H28N2O/c1-3-14-8-7-11-20(12-14)16-13-21-17-10-6-5-9-15(17)18(16)19-4-2/h5-6,9-10,14,16,18-19H,3-4,7-8,11-13H2,1-2H3. The van der Waals surface area contributed by atoms with Crippen LogP contribution >= 0.6 is 0 Å². The van der Waals surface area contributed by atoms with Gasteiger partial charge in [0, 0.05) is 12.1 Å². The molecule has 0 amide bonds. The Morgan fingerprint density at radius 2 is 2.14 bits per heavy atom. The molecule has 1 aromatic rings. The lowest BCUT2D eigenvalue weighted by Crippen LogP contribution is -2.53. The summed E-state index contributed by atoms with van der Waals surface area (Å²) in [6, 6.07) is 9.37. The lowest BCUT2D eigenvalue weighted by molar-refractivity contribution is 0.0511. The third-order valence-corrected chi connectivity index (χ3v) is 5.07. The number of para-hydroxylation sites is 1. The van der Waals surface area contributed by atoms with Gasteiger partial charge in [-0.15, -0.1) is 0 Å². The van der Waals surface area contributed by atoms with Crippen molar-refractivity contribution in [2.24, 2.45) is 5.92 Å². The quantitative estimate of drug-likeness (QED) is 0.920. The van der Waals surface area contributed by atoms with Gasteiger partial charge in [-0.1, -0.05) is 38.5 Å². The van der Waals surface area contributed by atoms with E-state index in [0.717, 1.165) is 24.8 Å². The van der Waals surface area contributed by atoms with Crippen LogP contribution in [-0.4, -0.2) is 37.2 Å². The first-order chi connectivity index (χ1) is 10.3. The van der Waals surface area contributed by atoms with E-state index in [1.165, 1.54) is 37.9 Å². The lowest BCUT2D eigenvalue weighted by atomic mass is 9.90. The van der Waals surface area contributed by atoms with Gasteiger partial charge in [0.2, 0.25) is 0 Å². The van der Waals surface area contributed by atoms with Crippen LogP contribution in [0.3, 0.4) is 0 Å². The first kappa shape index (κ1) is 14.9. The van der Waals surface area contributed by atoms with Gasteiger partial charge in [-0.25, -0.2) is 0 Å². The molecule has 3 heteroatoms. The van der Waals surface area contributed by atoms with Crippen LogP contribution in [0.15, 0.2) is 24.3 Å². The van der Waals surface area contributed by atoms with Crippen LogP contribution in [0.2, 0.25) is 0 Å². The predicted molar refractivity (Wildman–Crippen MR) is 86.7 cm³/mol. The molecule has 0 spiro atoms. The molecule has 1 N–H and O–H groups in total. The second kappa shape index (κ2) is 6.80. The number of rotatable bonds is 4. The summed E-state index contributed by atoms with van der Waals surface area (Å²) in [7, 11) is 0. The Balaban J connectivity index is 1.81. The molecule has 0 saturated carbocycles. The number of likely N-dealkylation sites (tertiary alicyclic amines) is 1. The molecule has 3 unspecified atom stereocenters. The minimum atomic E-state index is 0.399. The number of benzene rings is 1. The van der Waals surface area contributed by atoms with Crippen LogP contribution in [0.4, 0.5) is 0 Å². The highest BCUT2D eigenvalue weighted by Gasteiger charge is 2.36. The molecule has 0 aromatic heterocycles. The Hall–Kier alpha value is -1.06. The summed E-state index contributed by atoms with van der Waals surface area (Å²) in [6.07, 6.45) is 4.02. The maximum absolute atomic E-state index is 6.05. The summed E-state index contributed by atoms with van der Waals surface area (Å²) in [6.45, 7) is 8.78. The Kier molecular flexibility index (Phi) is 4.81. The Labute approximate surface area is 128 Å². The maximum atomic E-state index is 6.05. The van der Waals surface area contributed by atoms with Crippen molar-refractivity contribution in [3.63, 3.8) is 0 Å². The van der Waals surface area contributed by atoms with E-state index in [-0.39, 0.29) is 0 Å². The normalized spacial score (nSPS) is 29.7. The highest BCUT2D eigenvalue weighted by molar-refractivity contribution is 5.38. The number of fused-ring (bicyclic) bond motifs is 1. The Bertz CT molecular complexity index is 462. The average Bonchev–Trinajstić information content (AvgIpc) is 2.55. The van der Waals surface area contributed by atoms with E-state index >= 15 is 0 Å². The Morgan fingerprint density at radius 3 is 2.95 bits per heavy atom. The fraction of sp³-hybridized carbons (Fsp3) is 0.667. The molecule has 2 aliphatic heterocycles. The number of hydrogen-bond acceptors (Lipinski definition) is 3. The zero-order valence-electron chi connectivity index (χ0n) is 13.3. The first-order valence-corrected chi connectivity index (χ1v) is 8.52. The molecule has 3 nitrogen and oxygen atoms in total. The molecule has 116 valence electrons. The molecule has 1 aromatic carbocycles. The second-order valence-corrected chi connectivity index (χ2v) is 6.36.